The highest BCUT2D eigenvalue weighted by atomic mass is 32.1. The molecular weight excluding hydrogens is 383 g/mol. The Morgan fingerprint density at radius 1 is 1.14 bits per heavy atom. The van der Waals surface area contributed by atoms with Crippen LogP contribution >= 0.6 is 11.3 Å². The normalized spacial score (nSPS) is 10.4. The van der Waals surface area contributed by atoms with E-state index in [0.717, 1.165) is 5.56 Å². The highest BCUT2D eigenvalue weighted by Crippen LogP contribution is 2.19. The fourth-order valence-electron chi connectivity index (χ4n) is 2.26. The molecule has 1 heterocycles. The molecule has 0 atom stereocenters. The average Bonchev–Trinajstić information content (AvgIpc) is 3.12. The van der Waals surface area contributed by atoms with Gasteiger partial charge >= 0.3 is 5.97 Å². The molecule has 3 rings (SSSR count). The number of benzene rings is 2. The average molecular weight is 400 g/mol. The highest BCUT2D eigenvalue weighted by molar-refractivity contribution is 7.13. The summed E-state index contributed by atoms with van der Waals surface area (Å²) in [6.07, 6.45) is 0. The lowest BCUT2D eigenvalue weighted by Gasteiger charge is -2.08. The summed E-state index contributed by atoms with van der Waals surface area (Å²) >= 11 is 1.26. The first-order chi connectivity index (χ1) is 13.5. The van der Waals surface area contributed by atoms with Crippen LogP contribution in [0.15, 0.2) is 53.9 Å². The number of nitrogens with one attached hydrogen (secondary N) is 1. The van der Waals surface area contributed by atoms with E-state index in [4.69, 9.17) is 9.47 Å². The van der Waals surface area contributed by atoms with Gasteiger partial charge in [0.2, 0.25) is 5.91 Å². The van der Waals surface area contributed by atoms with Gasteiger partial charge in [0, 0.05) is 12.3 Å². The van der Waals surface area contributed by atoms with Gasteiger partial charge in [-0.3, -0.25) is 4.79 Å². The van der Waals surface area contributed by atoms with Crippen LogP contribution < -0.4 is 10.1 Å². The number of rotatable bonds is 7. The summed E-state index contributed by atoms with van der Waals surface area (Å²) in [6, 6.07) is 12.6. The van der Waals surface area contributed by atoms with Gasteiger partial charge in [0.05, 0.1) is 11.3 Å². The lowest BCUT2D eigenvalue weighted by molar-refractivity contribution is -0.114. The van der Waals surface area contributed by atoms with Crippen LogP contribution in [-0.4, -0.2) is 16.9 Å². The second-order valence-electron chi connectivity index (χ2n) is 5.84. The van der Waals surface area contributed by atoms with E-state index in [2.05, 4.69) is 10.3 Å². The van der Waals surface area contributed by atoms with Crippen molar-refractivity contribution < 1.29 is 23.5 Å². The van der Waals surface area contributed by atoms with Gasteiger partial charge in [-0.25, -0.2) is 14.2 Å². The van der Waals surface area contributed by atoms with Gasteiger partial charge in [-0.15, -0.1) is 11.3 Å². The SMILES string of the molecule is CC(=O)Nc1nc(COC(=O)c2cccc(OCc3ccc(F)cc3)c2)cs1. The van der Waals surface area contributed by atoms with Crippen molar-refractivity contribution in [3.63, 3.8) is 0 Å². The first kappa shape index (κ1) is 19.5. The Hall–Kier alpha value is -3.26. The van der Waals surface area contributed by atoms with Crippen molar-refractivity contribution in [2.45, 2.75) is 20.1 Å². The van der Waals surface area contributed by atoms with Gasteiger partial charge in [-0.1, -0.05) is 18.2 Å². The summed E-state index contributed by atoms with van der Waals surface area (Å²) in [7, 11) is 0. The van der Waals surface area contributed by atoms with Crippen LogP contribution in [0, 0.1) is 5.82 Å². The van der Waals surface area contributed by atoms with Crippen LogP contribution in [0.2, 0.25) is 0 Å². The smallest absolute Gasteiger partial charge is 0.338 e. The zero-order valence-electron chi connectivity index (χ0n) is 15.0. The third-order valence-corrected chi connectivity index (χ3v) is 4.38. The van der Waals surface area contributed by atoms with E-state index >= 15 is 0 Å². The van der Waals surface area contributed by atoms with Crippen molar-refractivity contribution in [2.24, 2.45) is 0 Å². The Balaban J connectivity index is 1.55. The zero-order chi connectivity index (χ0) is 19.9. The Morgan fingerprint density at radius 3 is 2.68 bits per heavy atom. The lowest BCUT2D eigenvalue weighted by Crippen LogP contribution is -2.07. The minimum Gasteiger partial charge on any atom is -0.489 e. The molecule has 6 nitrogen and oxygen atoms in total. The molecule has 0 aliphatic rings. The predicted molar refractivity (Wildman–Crippen MR) is 103 cm³/mol. The lowest BCUT2D eigenvalue weighted by atomic mass is 10.2. The molecule has 0 radical (unpaired) electrons. The molecule has 0 saturated heterocycles. The number of hydrogen-bond acceptors (Lipinski definition) is 6. The largest absolute Gasteiger partial charge is 0.489 e. The fraction of sp³-hybridized carbons (Fsp3) is 0.150. The maximum Gasteiger partial charge on any atom is 0.338 e. The van der Waals surface area contributed by atoms with E-state index in [1.807, 2.05) is 0 Å². The number of anilines is 1. The topological polar surface area (TPSA) is 77.5 Å². The van der Waals surface area contributed by atoms with Gasteiger partial charge in [0.1, 0.15) is 24.8 Å². The zero-order valence-corrected chi connectivity index (χ0v) is 15.8. The van der Waals surface area contributed by atoms with E-state index < -0.39 is 5.97 Å². The first-order valence-corrected chi connectivity index (χ1v) is 9.24. The van der Waals surface area contributed by atoms with Crippen LogP contribution in [-0.2, 0) is 22.7 Å². The summed E-state index contributed by atoms with van der Waals surface area (Å²) < 4.78 is 23.8. The van der Waals surface area contributed by atoms with Gasteiger partial charge < -0.3 is 14.8 Å². The summed E-state index contributed by atoms with van der Waals surface area (Å²) in [5, 5.41) is 4.74. The molecule has 1 N–H and O–H groups in total. The monoisotopic (exact) mass is 400 g/mol. The van der Waals surface area contributed by atoms with E-state index in [1.165, 1.54) is 30.4 Å². The summed E-state index contributed by atoms with van der Waals surface area (Å²) in [6.45, 7) is 1.64. The fourth-order valence-corrected chi connectivity index (χ4v) is 3.01. The van der Waals surface area contributed by atoms with Crippen molar-refractivity contribution in [3.8, 4) is 5.75 Å². The number of ether oxygens (including phenoxy) is 2. The Kier molecular flexibility index (Phi) is 6.33. The molecule has 144 valence electrons. The van der Waals surface area contributed by atoms with Crippen molar-refractivity contribution in [3.05, 3.63) is 76.5 Å². The number of nitrogens with zero attached hydrogens (tertiary/aromatic N) is 1. The maximum atomic E-state index is 12.9. The molecule has 2 aromatic carbocycles. The molecule has 0 unspecified atom stereocenters. The molecule has 1 aromatic heterocycles. The number of carbonyl (C=O) groups excluding carboxylic acids is 2. The number of thiazole rings is 1. The first-order valence-electron chi connectivity index (χ1n) is 8.36. The molecule has 3 aromatic rings. The number of aromatic nitrogens is 1. The van der Waals surface area contributed by atoms with Crippen LogP contribution in [0.3, 0.4) is 0 Å². The van der Waals surface area contributed by atoms with Crippen LogP contribution in [0.5, 0.6) is 5.75 Å². The predicted octanol–water partition coefficient (Wildman–Crippen LogP) is 4.18. The Morgan fingerprint density at radius 2 is 1.93 bits per heavy atom. The van der Waals surface area contributed by atoms with Crippen molar-refractivity contribution >= 4 is 28.3 Å². The molecule has 0 aliphatic carbocycles. The van der Waals surface area contributed by atoms with Gasteiger partial charge in [0.25, 0.3) is 0 Å². The summed E-state index contributed by atoms with van der Waals surface area (Å²) in [5.74, 6) is -0.533. The number of halogens is 1. The van der Waals surface area contributed by atoms with E-state index in [1.54, 1.807) is 41.8 Å². The second-order valence-corrected chi connectivity index (χ2v) is 6.70. The standard InChI is InChI=1S/C20H17FN2O4S/c1-13(24)22-20-23-17(12-28-20)11-27-19(25)15-3-2-4-18(9-15)26-10-14-5-7-16(21)8-6-14/h2-9,12H,10-11H2,1H3,(H,22,23,24). The molecule has 0 aliphatic heterocycles. The molecule has 0 bridgehead atoms. The Bertz CT molecular complexity index is 972. The Labute approximate surface area is 164 Å². The molecule has 28 heavy (non-hydrogen) atoms. The molecular formula is C20H17FN2O4S. The maximum absolute atomic E-state index is 12.9. The van der Waals surface area contributed by atoms with Gasteiger partial charge in [0.15, 0.2) is 5.13 Å². The summed E-state index contributed by atoms with van der Waals surface area (Å²) in [5.41, 5.74) is 1.70. The van der Waals surface area contributed by atoms with Crippen molar-refractivity contribution in [2.75, 3.05) is 5.32 Å². The molecule has 1 amide bonds. The van der Waals surface area contributed by atoms with E-state index in [9.17, 15) is 14.0 Å². The van der Waals surface area contributed by atoms with Crippen LogP contribution in [0.1, 0.15) is 28.5 Å². The molecule has 0 saturated carbocycles. The van der Waals surface area contributed by atoms with Crippen LogP contribution in [0.4, 0.5) is 9.52 Å². The third-order valence-electron chi connectivity index (χ3n) is 3.57. The number of carbonyl (C=O) groups is 2. The molecule has 8 heteroatoms. The highest BCUT2D eigenvalue weighted by Gasteiger charge is 2.11. The van der Waals surface area contributed by atoms with Gasteiger partial charge in [-0.2, -0.15) is 0 Å². The third kappa shape index (κ3) is 5.62. The van der Waals surface area contributed by atoms with Crippen molar-refractivity contribution in [1.82, 2.24) is 4.98 Å². The minimum atomic E-state index is -0.513. The van der Waals surface area contributed by atoms with Crippen LogP contribution in [0.25, 0.3) is 0 Å². The second kappa shape index (κ2) is 9.09. The van der Waals surface area contributed by atoms with E-state index in [0.29, 0.717) is 22.1 Å². The number of esters is 1. The molecule has 0 fully saturated rings. The summed E-state index contributed by atoms with van der Waals surface area (Å²) in [4.78, 5) is 27.4. The van der Waals surface area contributed by atoms with E-state index in [-0.39, 0.29) is 24.9 Å². The van der Waals surface area contributed by atoms with Gasteiger partial charge in [-0.05, 0) is 35.9 Å². The quantitative estimate of drug-likeness (QED) is 0.602. The minimum absolute atomic E-state index is 0.00438. The van der Waals surface area contributed by atoms with Crippen molar-refractivity contribution in [1.29, 1.82) is 0 Å². The number of amides is 1. The number of hydrogen-bond donors (Lipinski definition) is 1. The molecule has 0 spiro atoms.